The average molecular weight is 463 g/mol. The fourth-order valence-electron chi connectivity index (χ4n) is 5.73. The minimum absolute atomic E-state index is 0.0313. The van der Waals surface area contributed by atoms with E-state index in [2.05, 4.69) is 39.5 Å². The number of carbonyl (C=O) groups excluding carboxylic acids is 1. The highest BCUT2D eigenvalue weighted by Gasteiger charge is 2.36. The van der Waals surface area contributed by atoms with E-state index in [9.17, 15) is 4.79 Å². The van der Waals surface area contributed by atoms with Gasteiger partial charge in [-0.15, -0.1) is 0 Å². The predicted molar refractivity (Wildman–Crippen MR) is 133 cm³/mol. The summed E-state index contributed by atoms with van der Waals surface area (Å²) in [7, 11) is 1.77. The van der Waals surface area contributed by atoms with Gasteiger partial charge in [-0.05, 0) is 68.7 Å². The molecule has 180 valence electrons. The third-order valence-corrected chi connectivity index (χ3v) is 7.97. The fraction of sp³-hybridized carbons (Fsp3) is 0.556. The van der Waals surface area contributed by atoms with Gasteiger partial charge in [0.1, 0.15) is 5.82 Å². The first kappa shape index (κ1) is 21.9. The maximum absolute atomic E-state index is 13.9. The van der Waals surface area contributed by atoms with Crippen molar-refractivity contribution in [2.24, 2.45) is 11.8 Å². The highest BCUT2D eigenvalue weighted by molar-refractivity contribution is 6.00. The molecular weight excluding hydrogens is 428 g/mol. The zero-order chi connectivity index (χ0) is 23.1. The van der Waals surface area contributed by atoms with Crippen LogP contribution in [0.2, 0.25) is 0 Å². The SMILES string of the molecule is CO[C@H]1CC[C@H](C(=O)N2Cc3cccnc3Nc3ccc(N4CCOC(C5CC5)C4)cc32)CC1. The molecule has 1 atom stereocenters. The van der Waals surface area contributed by atoms with E-state index < -0.39 is 0 Å². The van der Waals surface area contributed by atoms with Gasteiger partial charge in [-0.2, -0.15) is 0 Å². The van der Waals surface area contributed by atoms with Gasteiger partial charge in [0.05, 0.1) is 36.7 Å². The van der Waals surface area contributed by atoms with Crippen LogP contribution in [0.5, 0.6) is 0 Å². The molecule has 2 saturated carbocycles. The number of amides is 1. The second-order valence-electron chi connectivity index (χ2n) is 10.2. The van der Waals surface area contributed by atoms with Gasteiger partial charge in [0.15, 0.2) is 0 Å². The van der Waals surface area contributed by atoms with Gasteiger partial charge < -0.3 is 24.6 Å². The number of carbonyl (C=O) groups is 1. The Balaban J connectivity index is 1.32. The standard InChI is InChI=1S/C27H34N4O3/c1-33-22-9-6-19(7-10-22)27(32)31-16-20-3-2-12-28-26(20)29-23-11-8-21(15-24(23)31)30-13-14-34-25(17-30)18-4-5-18/h2-3,8,11-12,15,18-19,22,25H,4-7,9-10,13-14,16-17H2,1H3,(H,28,29)/t19-,22-,25?. The van der Waals surface area contributed by atoms with E-state index in [1.165, 1.54) is 12.8 Å². The number of hydrogen-bond acceptors (Lipinski definition) is 6. The topological polar surface area (TPSA) is 66.9 Å². The largest absolute Gasteiger partial charge is 0.381 e. The van der Waals surface area contributed by atoms with Gasteiger partial charge in [-0.3, -0.25) is 4.79 Å². The van der Waals surface area contributed by atoms with Crippen molar-refractivity contribution in [1.29, 1.82) is 0 Å². The Labute approximate surface area is 201 Å². The molecule has 7 nitrogen and oxygen atoms in total. The van der Waals surface area contributed by atoms with E-state index in [4.69, 9.17) is 9.47 Å². The summed E-state index contributed by atoms with van der Waals surface area (Å²) in [5.74, 6) is 1.79. The summed E-state index contributed by atoms with van der Waals surface area (Å²) in [6.07, 6.45) is 8.62. The van der Waals surface area contributed by atoms with Crippen molar-refractivity contribution < 1.29 is 14.3 Å². The lowest BCUT2D eigenvalue weighted by atomic mass is 9.86. The molecule has 6 rings (SSSR count). The molecule has 1 saturated heterocycles. The number of morpholine rings is 1. The lowest BCUT2D eigenvalue weighted by Gasteiger charge is -2.36. The number of methoxy groups -OCH3 is 1. The molecule has 0 spiro atoms. The molecule has 34 heavy (non-hydrogen) atoms. The lowest BCUT2D eigenvalue weighted by molar-refractivity contribution is -0.124. The van der Waals surface area contributed by atoms with Crippen LogP contribution in [0.15, 0.2) is 36.5 Å². The molecule has 7 heteroatoms. The van der Waals surface area contributed by atoms with E-state index >= 15 is 0 Å². The van der Waals surface area contributed by atoms with Crippen LogP contribution in [0.3, 0.4) is 0 Å². The normalized spacial score (nSPS) is 26.8. The second-order valence-corrected chi connectivity index (χ2v) is 10.2. The van der Waals surface area contributed by atoms with E-state index in [1.54, 1.807) is 13.3 Å². The number of anilines is 4. The van der Waals surface area contributed by atoms with Crippen molar-refractivity contribution in [3.05, 3.63) is 42.1 Å². The first-order chi connectivity index (χ1) is 16.7. The Bertz CT molecular complexity index is 1050. The van der Waals surface area contributed by atoms with Gasteiger partial charge >= 0.3 is 0 Å². The Kier molecular flexibility index (Phi) is 5.91. The van der Waals surface area contributed by atoms with Gasteiger partial charge in [-0.1, -0.05) is 6.07 Å². The molecule has 1 unspecified atom stereocenters. The van der Waals surface area contributed by atoms with Crippen LogP contribution in [0.25, 0.3) is 0 Å². The van der Waals surface area contributed by atoms with Crippen LogP contribution in [-0.4, -0.2) is 49.9 Å². The van der Waals surface area contributed by atoms with Crippen molar-refractivity contribution in [3.63, 3.8) is 0 Å². The number of nitrogens with one attached hydrogen (secondary N) is 1. The van der Waals surface area contributed by atoms with Crippen molar-refractivity contribution in [2.45, 2.75) is 57.3 Å². The highest BCUT2D eigenvalue weighted by Crippen LogP contribution is 2.41. The minimum Gasteiger partial charge on any atom is -0.381 e. The molecule has 2 aromatic rings. The number of pyridine rings is 1. The van der Waals surface area contributed by atoms with Gasteiger partial charge in [0.25, 0.3) is 0 Å². The Morgan fingerprint density at radius 3 is 2.79 bits per heavy atom. The summed E-state index contributed by atoms with van der Waals surface area (Å²) in [5, 5.41) is 3.51. The number of fused-ring (bicyclic) bond motifs is 2. The van der Waals surface area contributed by atoms with E-state index in [1.807, 2.05) is 11.0 Å². The maximum atomic E-state index is 13.9. The van der Waals surface area contributed by atoms with Crippen LogP contribution < -0.4 is 15.1 Å². The molecule has 2 aliphatic heterocycles. The summed E-state index contributed by atoms with van der Waals surface area (Å²) in [4.78, 5) is 22.9. The van der Waals surface area contributed by atoms with Crippen molar-refractivity contribution >= 4 is 28.8 Å². The van der Waals surface area contributed by atoms with Crippen LogP contribution in [0.1, 0.15) is 44.1 Å². The number of rotatable bonds is 4. The molecule has 1 aromatic carbocycles. The predicted octanol–water partition coefficient (Wildman–Crippen LogP) is 4.49. The smallest absolute Gasteiger partial charge is 0.230 e. The molecule has 1 aromatic heterocycles. The zero-order valence-corrected chi connectivity index (χ0v) is 19.9. The number of nitrogens with zero attached hydrogens (tertiary/aromatic N) is 3. The second kappa shape index (κ2) is 9.19. The summed E-state index contributed by atoms with van der Waals surface area (Å²) in [5.41, 5.74) is 4.09. The molecule has 0 radical (unpaired) electrons. The molecule has 1 amide bonds. The molecule has 2 aliphatic carbocycles. The summed E-state index contributed by atoms with van der Waals surface area (Å²) in [6.45, 7) is 3.10. The number of ether oxygens (including phenoxy) is 2. The number of benzene rings is 1. The van der Waals surface area contributed by atoms with Crippen molar-refractivity contribution in [1.82, 2.24) is 4.98 Å². The number of hydrogen-bond donors (Lipinski definition) is 1. The minimum atomic E-state index is 0.0313. The summed E-state index contributed by atoms with van der Waals surface area (Å²) < 4.78 is 11.6. The van der Waals surface area contributed by atoms with Crippen molar-refractivity contribution in [2.75, 3.05) is 41.9 Å². The molecule has 0 bridgehead atoms. The molecular formula is C27H34N4O3. The summed E-state index contributed by atoms with van der Waals surface area (Å²) >= 11 is 0. The van der Waals surface area contributed by atoms with Crippen LogP contribution >= 0.6 is 0 Å². The Morgan fingerprint density at radius 2 is 2.00 bits per heavy atom. The van der Waals surface area contributed by atoms with E-state index in [0.29, 0.717) is 18.6 Å². The fourth-order valence-corrected chi connectivity index (χ4v) is 5.73. The van der Waals surface area contributed by atoms with E-state index in [0.717, 1.165) is 73.8 Å². The highest BCUT2D eigenvalue weighted by atomic mass is 16.5. The number of aromatic nitrogens is 1. The third kappa shape index (κ3) is 4.27. The van der Waals surface area contributed by atoms with Crippen LogP contribution in [0, 0.1) is 11.8 Å². The zero-order valence-electron chi connectivity index (χ0n) is 19.9. The summed E-state index contributed by atoms with van der Waals surface area (Å²) in [6, 6.07) is 10.5. The van der Waals surface area contributed by atoms with Gasteiger partial charge in [0, 0.05) is 43.6 Å². The molecule has 4 aliphatic rings. The average Bonchev–Trinajstić information content (AvgIpc) is 3.75. The monoisotopic (exact) mass is 462 g/mol. The maximum Gasteiger partial charge on any atom is 0.230 e. The molecule has 3 fully saturated rings. The first-order valence-electron chi connectivity index (χ1n) is 12.8. The van der Waals surface area contributed by atoms with Gasteiger partial charge in [0.2, 0.25) is 5.91 Å². The van der Waals surface area contributed by atoms with Gasteiger partial charge in [-0.25, -0.2) is 4.98 Å². The third-order valence-electron chi connectivity index (χ3n) is 7.97. The van der Waals surface area contributed by atoms with Crippen molar-refractivity contribution in [3.8, 4) is 0 Å². The van der Waals surface area contributed by atoms with Crippen LogP contribution in [0.4, 0.5) is 22.9 Å². The van der Waals surface area contributed by atoms with Crippen LogP contribution in [-0.2, 0) is 20.8 Å². The molecule has 3 heterocycles. The Morgan fingerprint density at radius 1 is 1.15 bits per heavy atom. The van der Waals surface area contributed by atoms with E-state index in [-0.39, 0.29) is 17.9 Å². The Hall–Kier alpha value is -2.64. The molecule has 1 N–H and O–H groups in total. The lowest BCUT2D eigenvalue weighted by Crippen LogP contribution is -2.43. The quantitative estimate of drug-likeness (QED) is 0.722. The first-order valence-corrected chi connectivity index (χ1v) is 12.8.